The molecule has 1 amide bonds. The van der Waals surface area contributed by atoms with Gasteiger partial charge in [-0.3, -0.25) is 4.79 Å². The van der Waals surface area contributed by atoms with Gasteiger partial charge in [0.2, 0.25) is 5.95 Å². The number of carbonyl (C=O) groups excluding carboxylic acids is 1. The highest BCUT2D eigenvalue weighted by Crippen LogP contribution is 2.18. The van der Waals surface area contributed by atoms with Crippen LogP contribution in [0.1, 0.15) is 61.4 Å². The first kappa shape index (κ1) is 17.4. The van der Waals surface area contributed by atoms with Gasteiger partial charge in [0.15, 0.2) is 0 Å². The molecule has 2 N–H and O–H groups in total. The Morgan fingerprint density at radius 2 is 1.68 bits per heavy atom. The van der Waals surface area contributed by atoms with Crippen LogP contribution in [-0.2, 0) is 6.42 Å². The number of carbonyl (C=O) groups is 1. The summed E-state index contributed by atoms with van der Waals surface area (Å²) in [6.07, 6.45) is 11.3. The monoisotopic (exact) mass is 338 g/mol. The number of aromatic nitrogens is 2. The number of rotatable bonds is 5. The van der Waals surface area contributed by atoms with Crippen molar-refractivity contribution >= 4 is 17.5 Å². The molecule has 1 aromatic carbocycles. The smallest absolute Gasteiger partial charge is 0.254 e. The largest absolute Gasteiger partial charge is 0.349 e. The number of hydrogen-bond donors (Lipinski definition) is 2. The van der Waals surface area contributed by atoms with Crippen molar-refractivity contribution in [2.45, 2.75) is 57.9 Å². The molecule has 0 radical (unpaired) electrons. The maximum atomic E-state index is 12.4. The third kappa shape index (κ3) is 5.02. The molecule has 5 heteroatoms. The zero-order chi connectivity index (χ0) is 17.5. The average molecular weight is 338 g/mol. The summed E-state index contributed by atoms with van der Waals surface area (Å²) in [6, 6.07) is 8.46. The summed E-state index contributed by atoms with van der Waals surface area (Å²) in [6.45, 7) is 2.13. The van der Waals surface area contributed by atoms with Gasteiger partial charge in [0.1, 0.15) is 0 Å². The Morgan fingerprint density at radius 1 is 1.04 bits per heavy atom. The van der Waals surface area contributed by atoms with E-state index in [0.717, 1.165) is 24.9 Å². The van der Waals surface area contributed by atoms with Crippen LogP contribution in [0.2, 0.25) is 0 Å². The van der Waals surface area contributed by atoms with Crippen molar-refractivity contribution in [3.63, 3.8) is 0 Å². The standard InChI is InChI=1S/C20H26N4O/c1-2-15-9-11-18(12-10-15)24-20-21-13-16(14-22-20)19(25)23-17-7-5-3-4-6-8-17/h9-14,17H,2-8H2,1H3,(H,23,25)(H,21,22,24). The van der Waals surface area contributed by atoms with Gasteiger partial charge in [-0.25, -0.2) is 9.97 Å². The van der Waals surface area contributed by atoms with Crippen molar-refractivity contribution in [3.8, 4) is 0 Å². The first-order chi connectivity index (χ1) is 12.2. The van der Waals surface area contributed by atoms with E-state index in [-0.39, 0.29) is 11.9 Å². The first-order valence-corrected chi connectivity index (χ1v) is 9.23. The summed E-state index contributed by atoms with van der Waals surface area (Å²) < 4.78 is 0. The number of nitrogens with zero attached hydrogens (tertiary/aromatic N) is 2. The van der Waals surface area contributed by atoms with Crippen molar-refractivity contribution in [1.82, 2.24) is 15.3 Å². The lowest BCUT2D eigenvalue weighted by Gasteiger charge is -2.16. The number of benzene rings is 1. The zero-order valence-electron chi connectivity index (χ0n) is 14.8. The predicted molar refractivity (Wildman–Crippen MR) is 100 cm³/mol. The van der Waals surface area contributed by atoms with E-state index >= 15 is 0 Å². The fourth-order valence-electron chi connectivity index (χ4n) is 3.16. The lowest BCUT2D eigenvalue weighted by Crippen LogP contribution is -2.34. The Bertz CT molecular complexity index is 674. The molecule has 3 rings (SSSR count). The van der Waals surface area contributed by atoms with E-state index in [4.69, 9.17) is 0 Å². The SMILES string of the molecule is CCc1ccc(Nc2ncc(C(=O)NC3CCCCCC3)cn2)cc1. The molecule has 0 aliphatic heterocycles. The Balaban J connectivity index is 1.57. The minimum Gasteiger partial charge on any atom is -0.349 e. The van der Waals surface area contributed by atoms with Gasteiger partial charge in [-0.15, -0.1) is 0 Å². The first-order valence-electron chi connectivity index (χ1n) is 9.23. The third-order valence-corrected chi connectivity index (χ3v) is 4.72. The minimum absolute atomic E-state index is 0.0780. The van der Waals surface area contributed by atoms with E-state index in [2.05, 4.69) is 39.7 Å². The van der Waals surface area contributed by atoms with Crippen molar-refractivity contribution in [2.75, 3.05) is 5.32 Å². The third-order valence-electron chi connectivity index (χ3n) is 4.72. The predicted octanol–water partition coefficient (Wildman–Crippen LogP) is 4.24. The maximum absolute atomic E-state index is 12.4. The van der Waals surface area contributed by atoms with E-state index in [1.165, 1.54) is 31.2 Å². The summed E-state index contributed by atoms with van der Waals surface area (Å²) in [5, 5.41) is 6.27. The van der Waals surface area contributed by atoms with E-state index in [9.17, 15) is 4.79 Å². The van der Waals surface area contributed by atoms with Crippen LogP contribution in [0.15, 0.2) is 36.7 Å². The van der Waals surface area contributed by atoms with Crippen LogP contribution in [0.4, 0.5) is 11.6 Å². The second-order valence-corrected chi connectivity index (χ2v) is 6.63. The van der Waals surface area contributed by atoms with Gasteiger partial charge in [0, 0.05) is 24.1 Å². The lowest BCUT2D eigenvalue weighted by atomic mass is 10.1. The number of amides is 1. The van der Waals surface area contributed by atoms with Crippen LogP contribution < -0.4 is 10.6 Å². The van der Waals surface area contributed by atoms with Crippen LogP contribution in [0, 0.1) is 0 Å². The van der Waals surface area contributed by atoms with Gasteiger partial charge in [-0.05, 0) is 37.0 Å². The molecular formula is C20H26N4O. The zero-order valence-corrected chi connectivity index (χ0v) is 14.8. The Morgan fingerprint density at radius 3 is 2.28 bits per heavy atom. The highest BCUT2D eigenvalue weighted by atomic mass is 16.1. The van der Waals surface area contributed by atoms with Crippen LogP contribution in [0.5, 0.6) is 0 Å². The summed E-state index contributed by atoms with van der Waals surface area (Å²) in [7, 11) is 0. The van der Waals surface area contributed by atoms with Crippen molar-refractivity contribution in [3.05, 3.63) is 47.8 Å². The lowest BCUT2D eigenvalue weighted by molar-refractivity contribution is 0.0932. The fourth-order valence-corrected chi connectivity index (χ4v) is 3.16. The topological polar surface area (TPSA) is 66.9 Å². The van der Waals surface area contributed by atoms with E-state index in [0.29, 0.717) is 11.5 Å². The Kier molecular flexibility index (Phi) is 5.99. The van der Waals surface area contributed by atoms with Crippen molar-refractivity contribution in [1.29, 1.82) is 0 Å². The molecule has 132 valence electrons. The highest BCUT2D eigenvalue weighted by molar-refractivity contribution is 5.93. The van der Waals surface area contributed by atoms with Gasteiger partial charge >= 0.3 is 0 Å². The molecule has 0 spiro atoms. The normalized spacial score (nSPS) is 15.4. The molecule has 0 unspecified atom stereocenters. The van der Waals surface area contributed by atoms with Crippen molar-refractivity contribution in [2.24, 2.45) is 0 Å². The average Bonchev–Trinajstić information content (AvgIpc) is 2.91. The van der Waals surface area contributed by atoms with Crippen molar-refractivity contribution < 1.29 is 4.79 Å². The fraction of sp³-hybridized carbons (Fsp3) is 0.450. The summed E-state index contributed by atoms with van der Waals surface area (Å²) >= 11 is 0. The van der Waals surface area contributed by atoms with Gasteiger partial charge in [-0.2, -0.15) is 0 Å². The molecule has 25 heavy (non-hydrogen) atoms. The van der Waals surface area contributed by atoms with Crippen LogP contribution in [0.25, 0.3) is 0 Å². The summed E-state index contributed by atoms with van der Waals surface area (Å²) in [4.78, 5) is 20.9. The van der Waals surface area contributed by atoms with Gasteiger partial charge in [0.05, 0.1) is 5.56 Å². The number of aryl methyl sites for hydroxylation is 1. The van der Waals surface area contributed by atoms with Crippen LogP contribution in [0.3, 0.4) is 0 Å². The van der Waals surface area contributed by atoms with Crippen LogP contribution in [-0.4, -0.2) is 21.9 Å². The molecule has 0 atom stereocenters. The molecule has 0 saturated heterocycles. The molecule has 0 bridgehead atoms. The molecular weight excluding hydrogens is 312 g/mol. The Labute approximate surface area is 149 Å². The molecule has 5 nitrogen and oxygen atoms in total. The van der Waals surface area contributed by atoms with Crippen LogP contribution >= 0.6 is 0 Å². The second-order valence-electron chi connectivity index (χ2n) is 6.63. The summed E-state index contributed by atoms with van der Waals surface area (Å²) in [5.41, 5.74) is 2.74. The molecule has 1 saturated carbocycles. The van der Waals surface area contributed by atoms with E-state index < -0.39 is 0 Å². The molecule has 1 aliphatic rings. The van der Waals surface area contributed by atoms with Gasteiger partial charge in [0.25, 0.3) is 5.91 Å². The number of anilines is 2. The van der Waals surface area contributed by atoms with E-state index in [1.807, 2.05) is 12.1 Å². The molecule has 2 aromatic rings. The number of hydrogen-bond acceptors (Lipinski definition) is 4. The number of nitrogens with one attached hydrogen (secondary N) is 2. The molecule has 1 aromatic heterocycles. The molecule has 1 fully saturated rings. The highest BCUT2D eigenvalue weighted by Gasteiger charge is 2.16. The van der Waals surface area contributed by atoms with E-state index in [1.54, 1.807) is 12.4 Å². The second kappa shape index (κ2) is 8.60. The quantitative estimate of drug-likeness (QED) is 0.801. The minimum atomic E-state index is -0.0780. The summed E-state index contributed by atoms with van der Waals surface area (Å²) in [5.74, 6) is 0.418. The van der Waals surface area contributed by atoms with Gasteiger partial charge < -0.3 is 10.6 Å². The molecule has 1 aliphatic carbocycles. The molecule has 1 heterocycles. The maximum Gasteiger partial charge on any atom is 0.254 e. The van der Waals surface area contributed by atoms with Gasteiger partial charge in [-0.1, -0.05) is 44.7 Å². The Hall–Kier alpha value is -2.43.